The summed E-state index contributed by atoms with van der Waals surface area (Å²) in [5.41, 5.74) is 2.88. The summed E-state index contributed by atoms with van der Waals surface area (Å²) in [6.07, 6.45) is 1.62. The molecule has 2 aromatic carbocycles. The fraction of sp³-hybridized carbons (Fsp3) is 0.0909. The molecule has 7 nitrogen and oxygen atoms in total. The summed E-state index contributed by atoms with van der Waals surface area (Å²) < 4.78 is 15.3. The first-order valence-corrected chi connectivity index (χ1v) is 10.4. The van der Waals surface area contributed by atoms with Gasteiger partial charge in [-0.25, -0.2) is 4.39 Å². The minimum absolute atomic E-state index is 0.00885. The van der Waals surface area contributed by atoms with Crippen molar-refractivity contribution in [3.05, 3.63) is 83.8 Å². The van der Waals surface area contributed by atoms with Gasteiger partial charge >= 0.3 is 0 Å². The highest BCUT2D eigenvalue weighted by atomic mass is 32.2. The van der Waals surface area contributed by atoms with E-state index in [1.807, 2.05) is 31.2 Å². The predicted octanol–water partition coefficient (Wildman–Crippen LogP) is 4.16. The van der Waals surface area contributed by atoms with Gasteiger partial charge < -0.3 is 10.6 Å². The highest BCUT2D eigenvalue weighted by Gasteiger charge is 2.13. The van der Waals surface area contributed by atoms with E-state index in [2.05, 4.69) is 20.8 Å². The Balaban J connectivity index is 1.45. The van der Waals surface area contributed by atoms with Gasteiger partial charge in [-0.2, -0.15) is 0 Å². The highest BCUT2D eigenvalue weighted by Crippen LogP contribution is 2.20. The van der Waals surface area contributed by atoms with Crippen LogP contribution in [0.25, 0.3) is 5.65 Å². The number of thioether (sulfide) groups is 1. The standard InChI is InChI=1S/C22H18FN5O2S/c1-14-6-9-16(10-7-14)24-21(30)15-8-11-19-26-27-22(28(19)12-15)31-13-20(29)25-18-5-3-2-4-17(18)23/h2-12H,13H2,1H3,(H,24,30)(H,25,29). The number of para-hydroxylation sites is 1. The Hall–Kier alpha value is -3.72. The number of rotatable bonds is 6. The molecule has 0 atom stereocenters. The number of hydrogen-bond donors (Lipinski definition) is 2. The van der Waals surface area contributed by atoms with E-state index in [0.717, 1.165) is 17.3 Å². The highest BCUT2D eigenvalue weighted by molar-refractivity contribution is 7.99. The second-order valence-electron chi connectivity index (χ2n) is 6.77. The van der Waals surface area contributed by atoms with Crippen LogP contribution in [0.5, 0.6) is 0 Å². The number of fused-ring (bicyclic) bond motifs is 1. The number of aromatic nitrogens is 3. The summed E-state index contributed by atoms with van der Waals surface area (Å²) in [4.78, 5) is 24.8. The number of carbonyl (C=O) groups excluding carboxylic acids is 2. The molecule has 4 rings (SSSR count). The minimum atomic E-state index is -0.502. The van der Waals surface area contributed by atoms with Crippen molar-refractivity contribution in [1.29, 1.82) is 0 Å². The molecule has 0 unspecified atom stereocenters. The molecule has 0 aliphatic carbocycles. The van der Waals surface area contributed by atoms with Crippen LogP contribution in [-0.2, 0) is 4.79 Å². The molecule has 4 aromatic rings. The summed E-state index contributed by atoms with van der Waals surface area (Å²) in [6.45, 7) is 1.97. The van der Waals surface area contributed by atoms with Crippen LogP contribution in [-0.4, -0.2) is 32.2 Å². The fourth-order valence-electron chi connectivity index (χ4n) is 2.82. The zero-order valence-electron chi connectivity index (χ0n) is 16.5. The maximum atomic E-state index is 13.7. The lowest BCUT2D eigenvalue weighted by atomic mass is 10.2. The number of pyridine rings is 1. The Bertz CT molecular complexity index is 1260. The number of aryl methyl sites for hydroxylation is 1. The van der Waals surface area contributed by atoms with Crippen molar-refractivity contribution in [2.24, 2.45) is 0 Å². The lowest BCUT2D eigenvalue weighted by Crippen LogP contribution is -2.15. The average Bonchev–Trinajstić information content (AvgIpc) is 3.18. The summed E-state index contributed by atoms with van der Waals surface area (Å²) >= 11 is 1.14. The molecule has 0 aliphatic heterocycles. The first kappa shape index (κ1) is 20.5. The normalized spacial score (nSPS) is 10.8. The third-order valence-electron chi connectivity index (χ3n) is 4.42. The molecule has 0 saturated heterocycles. The summed E-state index contributed by atoms with van der Waals surface area (Å²) in [5, 5.41) is 14.0. The van der Waals surface area contributed by atoms with Crippen molar-refractivity contribution in [3.63, 3.8) is 0 Å². The van der Waals surface area contributed by atoms with Crippen LogP contribution in [0.4, 0.5) is 15.8 Å². The Labute approximate surface area is 181 Å². The van der Waals surface area contributed by atoms with Gasteiger partial charge in [-0.1, -0.05) is 41.6 Å². The number of nitrogens with one attached hydrogen (secondary N) is 2. The molecule has 0 bridgehead atoms. The molecule has 31 heavy (non-hydrogen) atoms. The molecule has 156 valence electrons. The molecule has 2 aromatic heterocycles. The quantitative estimate of drug-likeness (QED) is 0.444. The van der Waals surface area contributed by atoms with Crippen molar-refractivity contribution in [2.75, 3.05) is 16.4 Å². The molecule has 9 heteroatoms. The molecule has 0 fully saturated rings. The molecule has 2 amide bonds. The van der Waals surface area contributed by atoms with Gasteiger partial charge in [0.15, 0.2) is 10.8 Å². The van der Waals surface area contributed by atoms with Gasteiger partial charge in [-0.15, -0.1) is 10.2 Å². The number of nitrogens with zero attached hydrogens (tertiary/aromatic N) is 3. The van der Waals surface area contributed by atoms with Crippen LogP contribution < -0.4 is 10.6 Å². The molecule has 0 aliphatic rings. The smallest absolute Gasteiger partial charge is 0.257 e. The van der Waals surface area contributed by atoms with E-state index in [1.165, 1.54) is 12.1 Å². The van der Waals surface area contributed by atoms with Crippen LogP contribution in [0.2, 0.25) is 0 Å². The van der Waals surface area contributed by atoms with E-state index in [4.69, 9.17) is 0 Å². The van der Waals surface area contributed by atoms with Crippen molar-refractivity contribution in [1.82, 2.24) is 14.6 Å². The summed E-state index contributed by atoms with van der Waals surface area (Å²) in [6, 6.07) is 16.8. The monoisotopic (exact) mass is 435 g/mol. The molecule has 0 spiro atoms. The summed E-state index contributed by atoms with van der Waals surface area (Å²) in [7, 11) is 0. The third kappa shape index (κ3) is 4.89. The fourth-order valence-corrected chi connectivity index (χ4v) is 3.54. The van der Waals surface area contributed by atoms with Gasteiger partial charge in [0.25, 0.3) is 5.91 Å². The van der Waals surface area contributed by atoms with Crippen LogP contribution in [0.15, 0.2) is 72.0 Å². The summed E-state index contributed by atoms with van der Waals surface area (Å²) in [5.74, 6) is -1.14. The van der Waals surface area contributed by atoms with Gasteiger partial charge in [-0.3, -0.25) is 14.0 Å². The Morgan fingerprint density at radius 2 is 1.77 bits per heavy atom. The predicted molar refractivity (Wildman–Crippen MR) is 118 cm³/mol. The zero-order chi connectivity index (χ0) is 21.8. The van der Waals surface area contributed by atoms with Crippen LogP contribution in [0, 0.1) is 12.7 Å². The molecule has 2 N–H and O–H groups in total. The largest absolute Gasteiger partial charge is 0.323 e. The van der Waals surface area contributed by atoms with Gasteiger partial charge in [0, 0.05) is 11.9 Å². The Kier molecular flexibility index (Phi) is 5.94. The second kappa shape index (κ2) is 8.97. The minimum Gasteiger partial charge on any atom is -0.323 e. The molecule has 0 saturated carbocycles. The number of benzene rings is 2. The van der Waals surface area contributed by atoms with Crippen LogP contribution in [0.3, 0.4) is 0 Å². The van der Waals surface area contributed by atoms with Gasteiger partial charge in [0.1, 0.15) is 5.82 Å². The van der Waals surface area contributed by atoms with Gasteiger partial charge in [-0.05, 0) is 43.3 Å². The maximum absolute atomic E-state index is 13.7. The molecule has 0 radical (unpaired) electrons. The first-order valence-electron chi connectivity index (χ1n) is 9.39. The zero-order valence-corrected chi connectivity index (χ0v) is 17.3. The van der Waals surface area contributed by atoms with E-state index in [-0.39, 0.29) is 23.3 Å². The van der Waals surface area contributed by atoms with Crippen LogP contribution in [0.1, 0.15) is 15.9 Å². The topological polar surface area (TPSA) is 88.4 Å². The Morgan fingerprint density at radius 1 is 1.00 bits per heavy atom. The van der Waals surface area contributed by atoms with Gasteiger partial charge in [0.05, 0.1) is 17.0 Å². The number of hydrogen-bond acceptors (Lipinski definition) is 5. The van der Waals surface area contributed by atoms with E-state index in [1.54, 1.807) is 34.9 Å². The SMILES string of the molecule is Cc1ccc(NC(=O)c2ccc3nnc(SCC(=O)Nc4ccccc4F)n3c2)cc1. The van der Waals surface area contributed by atoms with E-state index in [9.17, 15) is 14.0 Å². The average molecular weight is 435 g/mol. The second-order valence-corrected chi connectivity index (χ2v) is 7.71. The van der Waals surface area contributed by atoms with Crippen molar-refractivity contribution >= 4 is 40.6 Å². The van der Waals surface area contributed by atoms with Crippen LogP contribution >= 0.6 is 11.8 Å². The number of carbonyl (C=O) groups is 2. The number of halogens is 1. The maximum Gasteiger partial charge on any atom is 0.257 e. The number of amides is 2. The molecular weight excluding hydrogens is 417 g/mol. The van der Waals surface area contributed by atoms with E-state index < -0.39 is 5.82 Å². The van der Waals surface area contributed by atoms with E-state index in [0.29, 0.717) is 22.1 Å². The Morgan fingerprint density at radius 3 is 2.55 bits per heavy atom. The first-order chi connectivity index (χ1) is 15.0. The number of anilines is 2. The van der Waals surface area contributed by atoms with Gasteiger partial charge in [0.2, 0.25) is 5.91 Å². The third-order valence-corrected chi connectivity index (χ3v) is 5.37. The van der Waals surface area contributed by atoms with Crippen molar-refractivity contribution in [2.45, 2.75) is 12.1 Å². The van der Waals surface area contributed by atoms with Crippen molar-refractivity contribution < 1.29 is 14.0 Å². The lowest BCUT2D eigenvalue weighted by Gasteiger charge is -2.07. The van der Waals surface area contributed by atoms with E-state index >= 15 is 0 Å². The lowest BCUT2D eigenvalue weighted by molar-refractivity contribution is -0.113. The molecular formula is C22H18FN5O2S. The van der Waals surface area contributed by atoms with Crippen molar-refractivity contribution in [3.8, 4) is 0 Å². The molecule has 2 heterocycles.